The van der Waals surface area contributed by atoms with Gasteiger partial charge in [0.25, 0.3) is 0 Å². The summed E-state index contributed by atoms with van der Waals surface area (Å²) in [5.41, 5.74) is 0. The molecule has 1 unspecified atom stereocenters. The van der Waals surface area contributed by atoms with Crippen molar-refractivity contribution >= 4 is 11.9 Å². The summed E-state index contributed by atoms with van der Waals surface area (Å²) in [6.45, 7) is 2.45. The number of carbonyl (C=O) groups is 2. The Morgan fingerprint density at radius 2 is 2.06 bits per heavy atom. The number of aliphatic carboxylic acids is 1. The molecule has 0 aromatic heterocycles. The summed E-state index contributed by atoms with van der Waals surface area (Å²) in [5, 5.41) is 14.4. The van der Waals surface area contributed by atoms with Gasteiger partial charge in [0.2, 0.25) is 5.91 Å². The first-order valence-corrected chi connectivity index (χ1v) is 6.51. The minimum absolute atomic E-state index is 0.0137. The van der Waals surface area contributed by atoms with Gasteiger partial charge in [0, 0.05) is 19.5 Å². The molecule has 3 N–H and O–H groups in total. The van der Waals surface area contributed by atoms with Gasteiger partial charge in [-0.05, 0) is 12.8 Å². The van der Waals surface area contributed by atoms with Gasteiger partial charge in [-0.1, -0.05) is 12.8 Å². The molecule has 0 saturated carbocycles. The first-order chi connectivity index (χ1) is 8.70. The Balaban J connectivity index is 1.93. The van der Waals surface area contributed by atoms with Gasteiger partial charge in [0.05, 0.1) is 13.2 Å². The summed E-state index contributed by atoms with van der Waals surface area (Å²) in [5.74, 6) is -0.757. The molecule has 0 aromatic rings. The Kier molecular flexibility index (Phi) is 7.36. The van der Waals surface area contributed by atoms with Gasteiger partial charge < -0.3 is 20.5 Å². The molecule has 0 radical (unpaired) electrons. The van der Waals surface area contributed by atoms with E-state index >= 15 is 0 Å². The van der Waals surface area contributed by atoms with E-state index in [2.05, 4.69) is 10.6 Å². The largest absolute Gasteiger partial charge is 0.481 e. The second kappa shape index (κ2) is 8.88. The Labute approximate surface area is 107 Å². The maximum absolute atomic E-state index is 11.6. The van der Waals surface area contributed by atoms with Crippen LogP contribution in [0.15, 0.2) is 0 Å². The first kappa shape index (κ1) is 14.9. The van der Waals surface area contributed by atoms with Crippen LogP contribution in [0.25, 0.3) is 0 Å². The fourth-order valence-corrected chi connectivity index (χ4v) is 1.82. The van der Waals surface area contributed by atoms with E-state index in [4.69, 9.17) is 9.84 Å². The number of amides is 1. The number of morpholine rings is 1. The predicted octanol–water partition coefficient (Wildman–Crippen LogP) is 0.126. The van der Waals surface area contributed by atoms with E-state index in [1.807, 2.05) is 0 Å². The highest BCUT2D eigenvalue weighted by Gasteiger charge is 2.20. The zero-order valence-electron chi connectivity index (χ0n) is 10.6. The molecule has 1 atom stereocenters. The monoisotopic (exact) mass is 258 g/mol. The summed E-state index contributed by atoms with van der Waals surface area (Å²) < 4.78 is 5.21. The van der Waals surface area contributed by atoms with Gasteiger partial charge in [0.15, 0.2) is 0 Å². The van der Waals surface area contributed by atoms with Crippen LogP contribution in [0.4, 0.5) is 0 Å². The standard InChI is InChI=1S/C12H22N2O4/c15-11(16)5-3-1-2-4-6-14-12(17)10-9-18-8-7-13-10/h10,13H,1-9H2,(H,14,17)(H,15,16). The average Bonchev–Trinajstić information content (AvgIpc) is 2.38. The lowest BCUT2D eigenvalue weighted by Crippen LogP contribution is -2.51. The topological polar surface area (TPSA) is 87.7 Å². The molecular formula is C12H22N2O4. The fraction of sp³-hybridized carbons (Fsp3) is 0.833. The number of hydrogen-bond acceptors (Lipinski definition) is 4. The van der Waals surface area contributed by atoms with E-state index in [1.54, 1.807) is 0 Å². The van der Waals surface area contributed by atoms with Crippen LogP contribution in [0.5, 0.6) is 0 Å². The minimum atomic E-state index is -0.744. The average molecular weight is 258 g/mol. The highest BCUT2D eigenvalue weighted by Crippen LogP contribution is 2.02. The van der Waals surface area contributed by atoms with E-state index in [9.17, 15) is 9.59 Å². The third-order valence-electron chi connectivity index (χ3n) is 2.85. The number of carboxylic acids is 1. The second-order valence-corrected chi connectivity index (χ2v) is 4.43. The van der Waals surface area contributed by atoms with Crippen molar-refractivity contribution in [3.63, 3.8) is 0 Å². The summed E-state index contributed by atoms with van der Waals surface area (Å²) >= 11 is 0. The molecular weight excluding hydrogens is 236 g/mol. The summed E-state index contributed by atoms with van der Waals surface area (Å²) in [6.07, 6.45) is 3.67. The van der Waals surface area contributed by atoms with Crippen LogP contribution >= 0.6 is 0 Å². The normalized spacial score (nSPS) is 19.4. The summed E-state index contributed by atoms with van der Waals surface area (Å²) in [6, 6.07) is -0.231. The maximum Gasteiger partial charge on any atom is 0.303 e. The molecule has 0 spiro atoms. The van der Waals surface area contributed by atoms with Crippen LogP contribution in [0.1, 0.15) is 32.1 Å². The van der Waals surface area contributed by atoms with Gasteiger partial charge in [-0.15, -0.1) is 0 Å². The molecule has 1 heterocycles. The van der Waals surface area contributed by atoms with Crippen molar-refractivity contribution in [1.29, 1.82) is 0 Å². The number of ether oxygens (including phenoxy) is 1. The SMILES string of the molecule is O=C(O)CCCCCCNC(=O)C1COCCN1. The van der Waals surface area contributed by atoms with E-state index in [-0.39, 0.29) is 18.4 Å². The van der Waals surface area contributed by atoms with Crippen LogP contribution in [0, 0.1) is 0 Å². The van der Waals surface area contributed by atoms with E-state index in [0.717, 1.165) is 19.3 Å². The number of carboxylic acid groups (broad SMARTS) is 1. The van der Waals surface area contributed by atoms with Crippen molar-refractivity contribution in [1.82, 2.24) is 10.6 Å². The van der Waals surface area contributed by atoms with Gasteiger partial charge in [-0.25, -0.2) is 0 Å². The quantitative estimate of drug-likeness (QED) is 0.538. The van der Waals surface area contributed by atoms with Crippen molar-refractivity contribution in [3.8, 4) is 0 Å². The molecule has 1 rings (SSSR count). The summed E-state index contributed by atoms with van der Waals surface area (Å²) in [4.78, 5) is 21.9. The number of hydrogen-bond donors (Lipinski definition) is 3. The number of nitrogens with one attached hydrogen (secondary N) is 2. The van der Waals surface area contributed by atoms with Crippen molar-refractivity contribution in [2.24, 2.45) is 0 Å². The van der Waals surface area contributed by atoms with Crippen LogP contribution in [0.2, 0.25) is 0 Å². The van der Waals surface area contributed by atoms with Crippen molar-refractivity contribution in [2.45, 2.75) is 38.1 Å². The van der Waals surface area contributed by atoms with Gasteiger partial charge in [-0.2, -0.15) is 0 Å². The van der Waals surface area contributed by atoms with Crippen molar-refractivity contribution in [3.05, 3.63) is 0 Å². The first-order valence-electron chi connectivity index (χ1n) is 6.51. The molecule has 0 aliphatic carbocycles. The second-order valence-electron chi connectivity index (χ2n) is 4.43. The van der Waals surface area contributed by atoms with E-state index < -0.39 is 5.97 Å². The van der Waals surface area contributed by atoms with Crippen LogP contribution in [-0.4, -0.2) is 49.3 Å². The molecule has 1 aliphatic rings. The lowest BCUT2D eigenvalue weighted by atomic mass is 10.1. The molecule has 18 heavy (non-hydrogen) atoms. The zero-order valence-corrected chi connectivity index (χ0v) is 10.6. The molecule has 104 valence electrons. The zero-order chi connectivity index (χ0) is 13.2. The fourth-order valence-electron chi connectivity index (χ4n) is 1.82. The smallest absolute Gasteiger partial charge is 0.303 e. The molecule has 1 saturated heterocycles. The molecule has 0 bridgehead atoms. The molecule has 6 heteroatoms. The number of rotatable bonds is 8. The molecule has 1 aliphatic heterocycles. The van der Waals surface area contributed by atoms with Crippen LogP contribution < -0.4 is 10.6 Å². The molecule has 1 fully saturated rings. The van der Waals surface area contributed by atoms with Gasteiger partial charge >= 0.3 is 5.97 Å². The Bertz CT molecular complexity index is 265. The van der Waals surface area contributed by atoms with Crippen molar-refractivity contribution in [2.75, 3.05) is 26.3 Å². The molecule has 1 amide bonds. The molecule has 6 nitrogen and oxygen atoms in total. The predicted molar refractivity (Wildman–Crippen MR) is 66.3 cm³/mol. The van der Waals surface area contributed by atoms with Gasteiger partial charge in [0.1, 0.15) is 6.04 Å². The minimum Gasteiger partial charge on any atom is -0.481 e. The van der Waals surface area contributed by atoms with E-state index in [1.165, 1.54) is 0 Å². The van der Waals surface area contributed by atoms with Gasteiger partial charge in [-0.3, -0.25) is 9.59 Å². The molecule has 0 aromatic carbocycles. The third-order valence-corrected chi connectivity index (χ3v) is 2.85. The highest BCUT2D eigenvalue weighted by molar-refractivity contribution is 5.81. The van der Waals surface area contributed by atoms with Crippen LogP contribution in [0.3, 0.4) is 0 Å². The lowest BCUT2D eigenvalue weighted by Gasteiger charge is -2.22. The number of unbranched alkanes of at least 4 members (excludes halogenated alkanes) is 3. The summed E-state index contributed by atoms with van der Waals surface area (Å²) in [7, 11) is 0. The Morgan fingerprint density at radius 3 is 2.72 bits per heavy atom. The van der Waals surface area contributed by atoms with Crippen molar-refractivity contribution < 1.29 is 19.4 Å². The van der Waals surface area contributed by atoms with E-state index in [0.29, 0.717) is 32.7 Å². The Morgan fingerprint density at radius 1 is 1.28 bits per heavy atom. The number of carbonyl (C=O) groups excluding carboxylic acids is 1. The lowest BCUT2D eigenvalue weighted by molar-refractivity contribution is -0.137. The Hall–Kier alpha value is -1.14. The highest BCUT2D eigenvalue weighted by atomic mass is 16.5. The maximum atomic E-state index is 11.6. The third kappa shape index (κ3) is 6.56. The van der Waals surface area contributed by atoms with Crippen LogP contribution in [-0.2, 0) is 14.3 Å².